The Kier molecular flexibility index (Phi) is 1.25. The molecule has 0 saturated carbocycles. The first-order chi connectivity index (χ1) is 5.83. The molecule has 2 rings (SSSR count). The molecule has 0 amide bonds. The van der Waals surface area contributed by atoms with Crippen LogP contribution < -0.4 is 5.56 Å². The van der Waals surface area contributed by atoms with Crippen molar-refractivity contribution < 1.29 is 0 Å². The van der Waals surface area contributed by atoms with Gasteiger partial charge in [-0.1, -0.05) is 6.07 Å². The molecule has 58 valence electrons. The van der Waals surface area contributed by atoms with Crippen molar-refractivity contribution in [3.8, 4) is 6.07 Å². The highest BCUT2D eigenvalue weighted by Crippen LogP contribution is 2.10. The molecule has 0 aliphatic heterocycles. The third-order valence-corrected chi connectivity index (χ3v) is 1.72. The van der Waals surface area contributed by atoms with E-state index in [2.05, 4.69) is 10.2 Å². The smallest absolute Gasteiger partial charge is 0.273 e. The van der Waals surface area contributed by atoms with Crippen LogP contribution in [0.2, 0.25) is 0 Å². The Morgan fingerprint density at radius 2 is 2.17 bits per heavy atom. The highest BCUT2D eigenvalue weighted by Gasteiger charge is 2.04. The summed E-state index contributed by atoms with van der Waals surface area (Å²) in [5.74, 6) is 0. The first-order valence-corrected chi connectivity index (χ1v) is 3.42. The zero-order valence-electron chi connectivity index (χ0n) is 6.09. The van der Waals surface area contributed by atoms with Gasteiger partial charge in [-0.2, -0.15) is 5.26 Å². The van der Waals surface area contributed by atoms with Crippen molar-refractivity contribution in [2.45, 2.75) is 0 Å². The lowest BCUT2D eigenvalue weighted by atomic mass is 10.1. The maximum absolute atomic E-state index is 11.1. The maximum Gasteiger partial charge on any atom is 0.273 e. The zero-order valence-corrected chi connectivity index (χ0v) is 6.09. The number of hydrogen-bond acceptors (Lipinski definition) is 2. The molecule has 0 aliphatic rings. The van der Waals surface area contributed by atoms with Gasteiger partial charge in [0, 0.05) is 0 Å². The monoisotopic (exact) mass is 159 g/mol. The fourth-order valence-corrected chi connectivity index (χ4v) is 1.18. The van der Waals surface area contributed by atoms with Crippen molar-refractivity contribution in [2.24, 2.45) is 0 Å². The summed E-state index contributed by atoms with van der Waals surface area (Å²) in [6.45, 7) is 0. The van der Waals surface area contributed by atoms with Gasteiger partial charge in [-0.25, -0.2) is 0 Å². The molecule has 0 bridgehead atoms. The van der Waals surface area contributed by atoms with Gasteiger partial charge in [0.1, 0.15) is 6.07 Å². The number of fused-ring (bicyclic) bond motifs is 1. The zero-order chi connectivity index (χ0) is 8.55. The van der Waals surface area contributed by atoms with Gasteiger partial charge < -0.3 is 0 Å². The summed E-state index contributed by atoms with van der Waals surface area (Å²) in [4.78, 5) is 11.1. The molecule has 0 saturated heterocycles. The number of nitrogens with one attached hydrogen (secondary N) is 2. The van der Waals surface area contributed by atoms with Crippen LogP contribution in [0.4, 0.5) is 0 Å². The van der Waals surface area contributed by atoms with Crippen LogP contribution in [0.1, 0.15) is 5.56 Å². The molecule has 0 radical (unpaired) electrons. The topological polar surface area (TPSA) is 72.4 Å². The summed E-state index contributed by atoms with van der Waals surface area (Å²) in [6, 6.07) is 7.04. The predicted octanol–water partition coefficient (Wildman–Crippen LogP) is 0.728. The molecule has 1 aromatic heterocycles. The first kappa shape index (κ1) is 6.68. The number of nitriles is 1. The minimum atomic E-state index is -0.248. The third-order valence-electron chi connectivity index (χ3n) is 1.72. The SMILES string of the molecule is N#Cc1cccc2[nH][nH]c(=O)c12. The molecule has 0 atom stereocenters. The average molecular weight is 159 g/mol. The summed E-state index contributed by atoms with van der Waals surface area (Å²) in [5, 5.41) is 14.2. The minimum Gasteiger partial charge on any atom is -0.297 e. The summed E-state index contributed by atoms with van der Waals surface area (Å²) in [5.41, 5.74) is 0.816. The van der Waals surface area contributed by atoms with Crippen molar-refractivity contribution in [3.05, 3.63) is 34.1 Å². The van der Waals surface area contributed by atoms with E-state index in [1.54, 1.807) is 18.2 Å². The Bertz CT molecular complexity index is 515. The van der Waals surface area contributed by atoms with Crippen molar-refractivity contribution >= 4 is 10.9 Å². The molecule has 0 fully saturated rings. The normalized spacial score (nSPS) is 9.92. The molecular formula is C8H5N3O. The number of hydrogen-bond donors (Lipinski definition) is 2. The van der Waals surface area contributed by atoms with E-state index < -0.39 is 0 Å². The van der Waals surface area contributed by atoms with Gasteiger partial charge in [-0.3, -0.25) is 15.0 Å². The predicted molar refractivity (Wildman–Crippen MR) is 43.6 cm³/mol. The lowest BCUT2D eigenvalue weighted by molar-refractivity contribution is 1.08. The van der Waals surface area contributed by atoms with Crippen LogP contribution in [-0.2, 0) is 0 Å². The van der Waals surface area contributed by atoms with Gasteiger partial charge >= 0.3 is 0 Å². The fourth-order valence-electron chi connectivity index (χ4n) is 1.18. The number of H-pyrrole nitrogens is 2. The van der Waals surface area contributed by atoms with E-state index in [4.69, 9.17) is 5.26 Å². The van der Waals surface area contributed by atoms with Crippen LogP contribution in [0.15, 0.2) is 23.0 Å². The first-order valence-electron chi connectivity index (χ1n) is 3.42. The van der Waals surface area contributed by atoms with Crippen LogP contribution in [0.3, 0.4) is 0 Å². The minimum absolute atomic E-state index is 0.248. The maximum atomic E-state index is 11.1. The second-order valence-electron chi connectivity index (χ2n) is 2.42. The Balaban J connectivity index is 3.06. The van der Waals surface area contributed by atoms with Crippen LogP contribution in [0.5, 0.6) is 0 Å². The second-order valence-corrected chi connectivity index (χ2v) is 2.42. The van der Waals surface area contributed by atoms with Crippen LogP contribution in [-0.4, -0.2) is 10.2 Å². The van der Waals surface area contributed by atoms with Gasteiger partial charge in [0.15, 0.2) is 0 Å². The van der Waals surface area contributed by atoms with E-state index in [0.29, 0.717) is 16.5 Å². The summed E-state index contributed by atoms with van der Waals surface area (Å²) >= 11 is 0. The van der Waals surface area contributed by atoms with Crippen molar-refractivity contribution in [1.82, 2.24) is 10.2 Å². The molecular weight excluding hydrogens is 154 g/mol. The molecule has 0 unspecified atom stereocenters. The molecule has 4 nitrogen and oxygen atoms in total. The Labute approximate surface area is 67.4 Å². The number of aromatic amines is 2. The van der Waals surface area contributed by atoms with Gasteiger partial charge in [0.05, 0.1) is 16.5 Å². The number of nitrogens with zero attached hydrogens (tertiary/aromatic N) is 1. The Morgan fingerprint density at radius 3 is 2.92 bits per heavy atom. The number of benzene rings is 1. The van der Waals surface area contributed by atoms with Gasteiger partial charge in [-0.05, 0) is 12.1 Å². The largest absolute Gasteiger partial charge is 0.297 e. The standard InChI is InChI=1S/C8H5N3O/c9-4-5-2-1-3-6-7(5)8(12)11-10-6/h1-3H,(H2,10,11,12). The highest BCUT2D eigenvalue weighted by molar-refractivity contribution is 5.83. The molecule has 4 heteroatoms. The van der Waals surface area contributed by atoms with E-state index in [0.717, 1.165) is 0 Å². The van der Waals surface area contributed by atoms with Gasteiger partial charge in [0.25, 0.3) is 5.56 Å². The summed E-state index contributed by atoms with van der Waals surface area (Å²) < 4.78 is 0. The van der Waals surface area contributed by atoms with Crippen molar-refractivity contribution in [2.75, 3.05) is 0 Å². The summed E-state index contributed by atoms with van der Waals surface area (Å²) in [6.07, 6.45) is 0. The molecule has 1 aromatic carbocycles. The van der Waals surface area contributed by atoms with Crippen LogP contribution in [0.25, 0.3) is 10.9 Å². The average Bonchev–Trinajstić information content (AvgIpc) is 2.48. The van der Waals surface area contributed by atoms with Crippen LogP contribution in [0, 0.1) is 11.3 Å². The Morgan fingerprint density at radius 1 is 1.33 bits per heavy atom. The Hall–Kier alpha value is -2.02. The lowest BCUT2D eigenvalue weighted by Crippen LogP contribution is -1.99. The third kappa shape index (κ3) is 0.736. The van der Waals surface area contributed by atoms with Crippen LogP contribution >= 0.6 is 0 Å². The summed E-state index contributed by atoms with van der Waals surface area (Å²) in [7, 11) is 0. The van der Waals surface area contributed by atoms with Crippen molar-refractivity contribution in [3.63, 3.8) is 0 Å². The molecule has 1 heterocycles. The molecule has 0 aliphatic carbocycles. The molecule has 12 heavy (non-hydrogen) atoms. The lowest BCUT2D eigenvalue weighted by Gasteiger charge is -1.87. The second kappa shape index (κ2) is 2.24. The van der Waals surface area contributed by atoms with E-state index in [9.17, 15) is 4.79 Å². The van der Waals surface area contributed by atoms with Gasteiger partial charge in [-0.15, -0.1) is 0 Å². The van der Waals surface area contributed by atoms with Gasteiger partial charge in [0.2, 0.25) is 0 Å². The van der Waals surface area contributed by atoms with E-state index in [1.807, 2.05) is 6.07 Å². The highest BCUT2D eigenvalue weighted by atomic mass is 16.1. The quantitative estimate of drug-likeness (QED) is 0.594. The van der Waals surface area contributed by atoms with E-state index >= 15 is 0 Å². The number of aromatic nitrogens is 2. The van der Waals surface area contributed by atoms with E-state index in [-0.39, 0.29) is 5.56 Å². The van der Waals surface area contributed by atoms with E-state index in [1.165, 1.54) is 0 Å². The number of rotatable bonds is 0. The molecule has 0 spiro atoms. The molecule has 2 aromatic rings. The fraction of sp³-hybridized carbons (Fsp3) is 0. The van der Waals surface area contributed by atoms with Crippen molar-refractivity contribution in [1.29, 1.82) is 5.26 Å². The molecule has 2 N–H and O–H groups in total.